The Hall–Kier alpha value is -3.01. The van der Waals surface area contributed by atoms with Crippen molar-refractivity contribution >= 4 is 18.1 Å². The summed E-state index contributed by atoms with van der Waals surface area (Å²) in [6.45, 7) is 1.97. The summed E-state index contributed by atoms with van der Waals surface area (Å²) in [6, 6.07) is 7.64. The summed E-state index contributed by atoms with van der Waals surface area (Å²) >= 11 is 5.40. The van der Waals surface area contributed by atoms with Gasteiger partial charge in [-0.2, -0.15) is 10.2 Å². The summed E-state index contributed by atoms with van der Waals surface area (Å²) in [5.41, 5.74) is 0.920. The highest BCUT2D eigenvalue weighted by Crippen LogP contribution is 2.38. The van der Waals surface area contributed by atoms with Gasteiger partial charge in [0.2, 0.25) is 5.91 Å². The van der Waals surface area contributed by atoms with Crippen LogP contribution in [0.4, 0.5) is 0 Å². The fraction of sp³-hybridized carbons (Fsp3) is 0.500. The topological polar surface area (TPSA) is 105 Å². The molecule has 0 spiro atoms. The molecule has 0 radical (unpaired) electrons. The van der Waals surface area contributed by atoms with Crippen LogP contribution < -0.4 is 4.74 Å². The lowest BCUT2D eigenvalue weighted by molar-refractivity contribution is -0.132. The van der Waals surface area contributed by atoms with Gasteiger partial charge in [-0.1, -0.05) is 0 Å². The number of likely N-dealkylation sites (tertiary alicyclic amines) is 1. The lowest BCUT2D eigenvalue weighted by Gasteiger charge is -2.31. The number of methoxy groups -OCH3 is 1. The van der Waals surface area contributed by atoms with Gasteiger partial charge in [0.05, 0.1) is 7.11 Å². The maximum absolute atomic E-state index is 12.9. The number of carbonyl (C=O) groups excluding carboxylic acids is 1. The maximum Gasteiger partial charge on any atom is 0.224 e. The van der Waals surface area contributed by atoms with Crippen molar-refractivity contribution in [3.63, 3.8) is 0 Å². The highest BCUT2D eigenvalue weighted by Gasteiger charge is 2.30. The number of hydrogen-bond donors (Lipinski definition) is 2. The molecule has 0 atom stereocenters. The number of rotatable bonds is 7. The van der Waals surface area contributed by atoms with Gasteiger partial charge in [0.15, 0.2) is 16.4 Å². The fourth-order valence-corrected chi connectivity index (χ4v) is 4.47. The predicted octanol–water partition coefficient (Wildman–Crippen LogP) is 3.41. The Morgan fingerprint density at radius 2 is 1.84 bits per heavy atom. The van der Waals surface area contributed by atoms with Crippen LogP contribution in [0.25, 0.3) is 11.4 Å². The van der Waals surface area contributed by atoms with E-state index in [0.717, 1.165) is 54.7 Å². The third kappa shape index (κ3) is 4.32. The van der Waals surface area contributed by atoms with E-state index in [4.69, 9.17) is 21.9 Å². The van der Waals surface area contributed by atoms with Gasteiger partial charge in [-0.15, -0.1) is 0 Å². The largest absolute Gasteiger partial charge is 0.497 e. The first kappa shape index (κ1) is 20.9. The van der Waals surface area contributed by atoms with Crippen LogP contribution in [0.5, 0.6) is 5.75 Å². The van der Waals surface area contributed by atoms with Gasteiger partial charge < -0.3 is 9.64 Å². The molecule has 1 amide bonds. The van der Waals surface area contributed by atoms with Gasteiger partial charge in [0.25, 0.3) is 0 Å². The molecule has 5 rings (SSSR count). The molecule has 1 aliphatic heterocycles. The highest BCUT2D eigenvalue weighted by molar-refractivity contribution is 7.71. The molecule has 0 unspecified atom stereocenters. The number of hydrogen-bond acceptors (Lipinski definition) is 6. The Kier molecular flexibility index (Phi) is 5.77. The molecule has 1 aromatic carbocycles. The van der Waals surface area contributed by atoms with Gasteiger partial charge in [-0.25, -0.2) is 4.98 Å². The summed E-state index contributed by atoms with van der Waals surface area (Å²) in [5, 5.41) is 14.7. The minimum absolute atomic E-state index is 0.142. The molecule has 3 aromatic rings. The van der Waals surface area contributed by atoms with Crippen LogP contribution in [0.3, 0.4) is 0 Å². The molecular formula is C22H27N7O2S. The zero-order valence-electron chi connectivity index (χ0n) is 18.1. The van der Waals surface area contributed by atoms with E-state index in [-0.39, 0.29) is 5.91 Å². The van der Waals surface area contributed by atoms with E-state index in [1.807, 2.05) is 33.7 Å². The quantitative estimate of drug-likeness (QED) is 0.531. The number of amides is 1. The monoisotopic (exact) mass is 453 g/mol. The number of nitrogens with one attached hydrogen (secondary N) is 2. The van der Waals surface area contributed by atoms with Crippen molar-refractivity contribution in [2.24, 2.45) is 0 Å². The summed E-state index contributed by atoms with van der Waals surface area (Å²) in [6.07, 6.45) is 4.60. The van der Waals surface area contributed by atoms with Gasteiger partial charge in [0, 0.05) is 43.5 Å². The standard InChI is InChI=1S/C22H27N7O2S/c1-31-17-6-4-16(5-7-17)21-26-27-22(32)29(21)13-10-18(30)28-11-8-15(9-12-28)20-23-19(24-25-20)14-2-3-14/h4-7,14-15H,2-3,8-13H2,1H3,(H,27,32)(H,23,24,25). The molecule has 2 aromatic heterocycles. The zero-order valence-corrected chi connectivity index (χ0v) is 18.9. The van der Waals surface area contributed by atoms with Gasteiger partial charge in [0.1, 0.15) is 11.6 Å². The molecule has 1 saturated carbocycles. The number of ether oxygens (including phenoxy) is 1. The first-order valence-electron chi connectivity index (χ1n) is 11.1. The summed E-state index contributed by atoms with van der Waals surface area (Å²) in [7, 11) is 1.64. The highest BCUT2D eigenvalue weighted by atomic mass is 32.1. The minimum Gasteiger partial charge on any atom is -0.497 e. The molecule has 3 heterocycles. The van der Waals surface area contributed by atoms with Gasteiger partial charge >= 0.3 is 0 Å². The van der Waals surface area contributed by atoms with E-state index in [0.29, 0.717) is 29.6 Å². The first-order valence-corrected chi connectivity index (χ1v) is 11.5. The minimum atomic E-state index is 0.142. The van der Waals surface area contributed by atoms with Crippen molar-refractivity contribution in [3.8, 4) is 17.1 Å². The van der Waals surface area contributed by atoms with Crippen molar-refractivity contribution < 1.29 is 9.53 Å². The summed E-state index contributed by atoms with van der Waals surface area (Å²) in [4.78, 5) is 19.5. The second kappa shape index (κ2) is 8.85. The normalized spacial score (nSPS) is 17.0. The molecule has 168 valence electrons. The van der Waals surface area contributed by atoms with Crippen molar-refractivity contribution in [2.75, 3.05) is 20.2 Å². The van der Waals surface area contributed by atoms with Crippen molar-refractivity contribution in [1.29, 1.82) is 0 Å². The Bertz CT molecular complexity index is 1140. The number of carbonyl (C=O) groups is 1. The average molecular weight is 454 g/mol. The molecule has 2 aliphatic rings. The van der Waals surface area contributed by atoms with E-state index < -0.39 is 0 Å². The number of aromatic amines is 2. The molecule has 32 heavy (non-hydrogen) atoms. The third-order valence-corrected chi connectivity index (χ3v) is 6.66. The molecule has 9 nitrogen and oxygen atoms in total. The van der Waals surface area contributed by atoms with Crippen LogP contribution in [-0.2, 0) is 11.3 Å². The molecular weight excluding hydrogens is 426 g/mol. The molecule has 1 saturated heterocycles. The predicted molar refractivity (Wildman–Crippen MR) is 121 cm³/mol. The average Bonchev–Trinajstić information content (AvgIpc) is 3.45. The molecule has 2 fully saturated rings. The molecule has 10 heteroatoms. The Morgan fingerprint density at radius 3 is 2.53 bits per heavy atom. The van der Waals surface area contributed by atoms with Crippen LogP contribution in [0.15, 0.2) is 24.3 Å². The van der Waals surface area contributed by atoms with Crippen molar-refractivity contribution in [2.45, 2.75) is 50.5 Å². The second-order valence-electron chi connectivity index (χ2n) is 8.49. The fourth-order valence-electron chi connectivity index (χ4n) is 4.25. The van der Waals surface area contributed by atoms with Crippen LogP contribution >= 0.6 is 12.2 Å². The SMILES string of the molecule is COc1ccc(-c2n[nH]c(=S)n2CCC(=O)N2CCC(c3nc(C4CC4)n[nH]3)CC2)cc1. The van der Waals surface area contributed by atoms with Crippen LogP contribution in [0, 0.1) is 4.77 Å². The first-order chi connectivity index (χ1) is 15.6. The van der Waals surface area contributed by atoms with Gasteiger partial charge in [-0.3, -0.25) is 19.6 Å². The number of benzene rings is 1. The van der Waals surface area contributed by atoms with Crippen LogP contribution in [-0.4, -0.2) is 61.0 Å². The van der Waals surface area contributed by atoms with E-state index >= 15 is 0 Å². The van der Waals surface area contributed by atoms with Crippen LogP contribution in [0.1, 0.15) is 55.6 Å². The van der Waals surface area contributed by atoms with E-state index in [9.17, 15) is 4.79 Å². The summed E-state index contributed by atoms with van der Waals surface area (Å²) < 4.78 is 7.62. The Morgan fingerprint density at radius 1 is 1.09 bits per heavy atom. The summed E-state index contributed by atoms with van der Waals surface area (Å²) in [5.74, 6) is 4.49. The maximum atomic E-state index is 12.9. The Labute approximate surface area is 191 Å². The van der Waals surface area contributed by atoms with Crippen molar-refractivity contribution in [3.05, 3.63) is 40.7 Å². The third-order valence-electron chi connectivity index (χ3n) is 6.35. The molecule has 0 bridgehead atoms. The number of nitrogens with zero attached hydrogens (tertiary/aromatic N) is 5. The Balaban J connectivity index is 1.17. The van der Waals surface area contributed by atoms with E-state index in [2.05, 4.69) is 20.4 Å². The number of H-pyrrole nitrogens is 2. The zero-order chi connectivity index (χ0) is 22.1. The lowest BCUT2D eigenvalue weighted by Crippen LogP contribution is -2.38. The number of aromatic nitrogens is 6. The van der Waals surface area contributed by atoms with E-state index in [1.165, 1.54) is 12.8 Å². The molecule has 2 N–H and O–H groups in total. The molecule has 1 aliphatic carbocycles. The number of piperidine rings is 1. The lowest BCUT2D eigenvalue weighted by atomic mass is 9.96. The van der Waals surface area contributed by atoms with Gasteiger partial charge in [-0.05, 0) is 62.2 Å². The smallest absolute Gasteiger partial charge is 0.224 e. The van der Waals surface area contributed by atoms with Crippen LogP contribution in [0.2, 0.25) is 0 Å². The van der Waals surface area contributed by atoms with Crippen molar-refractivity contribution in [1.82, 2.24) is 34.8 Å². The van der Waals surface area contributed by atoms with E-state index in [1.54, 1.807) is 7.11 Å². The second-order valence-corrected chi connectivity index (χ2v) is 8.88.